The number of thiophene rings is 1. The largest absolute Gasteiger partial charge is 0.468 e. The quantitative estimate of drug-likeness (QED) is 0.267. The zero-order chi connectivity index (χ0) is 18.9. The smallest absolute Gasteiger partial charge is 0.191 e. The molecule has 0 unspecified atom stereocenters. The molecule has 2 heterocycles. The number of hydrogen-bond acceptors (Lipinski definition) is 4. The first-order chi connectivity index (χ1) is 13.2. The minimum Gasteiger partial charge on any atom is -0.468 e. The van der Waals surface area contributed by atoms with E-state index in [1.165, 1.54) is 16.0 Å². The van der Waals surface area contributed by atoms with Gasteiger partial charge in [-0.3, -0.25) is 9.89 Å². The maximum absolute atomic E-state index is 5.45. The Hall–Kier alpha value is -1.84. The highest BCUT2D eigenvalue weighted by Gasteiger charge is 2.08. The van der Waals surface area contributed by atoms with Crippen LogP contribution < -0.4 is 10.6 Å². The van der Waals surface area contributed by atoms with Crippen LogP contribution in [0, 0.1) is 0 Å². The van der Waals surface area contributed by atoms with Crippen LogP contribution in [0.4, 0.5) is 0 Å². The summed E-state index contributed by atoms with van der Waals surface area (Å²) in [5.41, 5.74) is 2.57. The molecule has 0 atom stereocenters. The summed E-state index contributed by atoms with van der Waals surface area (Å²) < 4.78 is 5.45. The Morgan fingerprint density at radius 3 is 2.46 bits per heavy atom. The number of halogens is 1. The molecule has 0 amide bonds. The third-order valence-electron chi connectivity index (χ3n) is 4.24. The number of benzene rings is 1. The van der Waals surface area contributed by atoms with Gasteiger partial charge in [-0.05, 0) is 41.8 Å². The summed E-state index contributed by atoms with van der Waals surface area (Å²) in [7, 11) is 3.90. The lowest BCUT2D eigenvalue weighted by molar-refractivity contribution is 0.287. The highest BCUT2D eigenvalue weighted by atomic mass is 127. The Labute approximate surface area is 187 Å². The van der Waals surface area contributed by atoms with Crippen molar-refractivity contribution in [2.75, 3.05) is 14.1 Å². The normalized spacial score (nSPS) is 11.3. The molecule has 28 heavy (non-hydrogen) atoms. The molecule has 0 fully saturated rings. The van der Waals surface area contributed by atoms with E-state index in [0.717, 1.165) is 37.9 Å². The maximum Gasteiger partial charge on any atom is 0.191 e. The van der Waals surface area contributed by atoms with Crippen molar-refractivity contribution >= 4 is 41.3 Å². The average Bonchev–Trinajstić information content (AvgIpc) is 3.37. The summed E-state index contributed by atoms with van der Waals surface area (Å²) in [4.78, 5) is 7.86. The molecule has 0 aliphatic heterocycles. The molecule has 150 valence electrons. The van der Waals surface area contributed by atoms with E-state index in [-0.39, 0.29) is 24.0 Å². The van der Waals surface area contributed by atoms with Gasteiger partial charge in [0.25, 0.3) is 0 Å². The molecule has 0 spiro atoms. The summed E-state index contributed by atoms with van der Waals surface area (Å²) >= 11 is 1.74. The topological polar surface area (TPSA) is 52.8 Å². The number of nitrogens with zero attached hydrogens (tertiary/aromatic N) is 2. The molecule has 2 N–H and O–H groups in total. The van der Waals surface area contributed by atoms with Crippen molar-refractivity contribution in [1.82, 2.24) is 15.5 Å². The van der Waals surface area contributed by atoms with Crippen LogP contribution in [-0.4, -0.2) is 25.0 Å². The third kappa shape index (κ3) is 6.96. The van der Waals surface area contributed by atoms with Gasteiger partial charge in [-0.25, -0.2) is 0 Å². The average molecular weight is 510 g/mol. The van der Waals surface area contributed by atoms with Crippen molar-refractivity contribution in [2.24, 2.45) is 4.99 Å². The fourth-order valence-corrected chi connectivity index (χ4v) is 3.53. The van der Waals surface area contributed by atoms with Crippen LogP contribution in [0.2, 0.25) is 0 Å². The Kier molecular flexibility index (Phi) is 9.52. The number of hydrogen-bond donors (Lipinski definition) is 2. The van der Waals surface area contributed by atoms with E-state index in [2.05, 4.69) is 69.4 Å². The SMILES string of the molecule is CN=C(NCc1cccs1)NCc1ccccc1CN(C)Cc1ccco1.I. The number of nitrogens with one attached hydrogen (secondary N) is 2. The first kappa shape index (κ1) is 22.4. The Morgan fingerprint density at radius 2 is 1.79 bits per heavy atom. The van der Waals surface area contributed by atoms with Gasteiger partial charge in [-0.1, -0.05) is 30.3 Å². The minimum absolute atomic E-state index is 0. The van der Waals surface area contributed by atoms with Gasteiger partial charge < -0.3 is 15.1 Å². The van der Waals surface area contributed by atoms with Crippen molar-refractivity contribution in [3.8, 4) is 0 Å². The van der Waals surface area contributed by atoms with Crippen LogP contribution in [0.5, 0.6) is 0 Å². The number of rotatable bonds is 8. The molecule has 2 aromatic heterocycles. The summed E-state index contributed by atoms with van der Waals surface area (Å²) in [5, 5.41) is 8.86. The third-order valence-corrected chi connectivity index (χ3v) is 5.12. The van der Waals surface area contributed by atoms with E-state index in [4.69, 9.17) is 4.42 Å². The highest BCUT2D eigenvalue weighted by Crippen LogP contribution is 2.13. The van der Waals surface area contributed by atoms with Gasteiger partial charge in [-0.15, -0.1) is 35.3 Å². The van der Waals surface area contributed by atoms with E-state index in [1.54, 1.807) is 24.6 Å². The first-order valence-corrected chi connectivity index (χ1v) is 9.87. The van der Waals surface area contributed by atoms with Gasteiger partial charge in [0, 0.05) is 25.0 Å². The van der Waals surface area contributed by atoms with Gasteiger partial charge in [-0.2, -0.15) is 0 Å². The second-order valence-corrected chi connectivity index (χ2v) is 7.41. The lowest BCUT2D eigenvalue weighted by atomic mass is 10.1. The van der Waals surface area contributed by atoms with E-state index >= 15 is 0 Å². The standard InChI is InChI=1S/C21H26N4OS.HI/c1-22-21(24-14-20-10-6-12-27-20)23-13-17-7-3-4-8-18(17)15-25(2)16-19-9-5-11-26-19;/h3-12H,13-16H2,1-2H3,(H2,22,23,24);1H. The van der Waals surface area contributed by atoms with E-state index < -0.39 is 0 Å². The van der Waals surface area contributed by atoms with Crippen molar-refractivity contribution in [1.29, 1.82) is 0 Å². The van der Waals surface area contributed by atoms with Crippen LogP contribution in [0.25, 0.3) is 0 Å². The Balaban J connectivity index is 0.00000280. The van der Waals surface area contributed by atoms with Gasteiger partial charge in [0.15, 0.2) is 5.96 Å². The van der Waals surface area contributed by atoms with Gasteiger partial charge >= 0.3 is 0 Å². The lowest BCUT2D eigenvalue weighted by Gasteiger charge is -2.19. The molecule has 3 aromatic rings. The van der Waals surface area contributed by atoms with Crippen LogP contribution in [0.15, 0.2) is 69.6 Å². The van der Waals surface area contributed by atoms with E-state index in [1.807, 2.05) is 12.1 Å². The molecule has 3 rings (SSSR count). The molecular weight excluding hydrogens is 483 g/mol. The Morgan fingerprint density at radius 1 is 1.00 bits per heavy atom. The van der Waals surface area contributed by atoms with Crippen molar-refractivity contribution in [2.45, 2.75) is 26.2 Å². The second-order valence-electron chi connectivity index (χ2n) is 6.38. The van der Waals surface area contributed by atoms with E-state index in [9.17, 15) is 0 Å². The highest BCUT2D eigenvalue weighted by molar-refractivity contribution is 14.0. The fraction of sp³-hybridized carbons (Fsp3) is 0.286. The molecule has 7 heteroatoms. The first-order valence-electron chi connectivity index (χ1n) is 8.99. The van der Waals surface area contributed by atoms with Crippen LogP contribution in [0.1, 0.15) is 21.8 Å². The lowest BCUT2D eigenvalue weighted by Crippen LogP contribution is -2.36. The predicted molar refractivity (Wildman–Crippen MR) is 127 cm³/mol. The van der Waals surface area contributed by atoms with Crippen LogP contribution in [-0.2, 0) is 26.2 Å². The summed E-state index contributed by atoms with van der Waals surface area (Å²) in [6.07, 6.45) is 1.72. The summed E-state index contributed by atoms with van der Waals surface area (Å²) in [6.45, 7) is 3.17. The molecule has 0 bridgehead atoms. The fourth-order valence-electron chi connectivity index (χ4n) is 2.88. The Bertz CT molecular complexity index is 834. The van der Waals surface area contributed by atoms with Crippen molar-refractivity contribution in [3.05, 3.63) is 81.9 Å². The van der Waals surface area contributed by atoms with Crippen molar-refractivity contribution < 1.29 is 4.42 Å². The molecular formula is C21H27IN4OS. The van der Waals surface area contributed by atoms with Gasteiger partial charge in [0.05, 0.1) is 19.4 Å². The number of furan rings is 1. The zero-order valence-electron chi connectivity index (χ0n) is 16.2. The maximum atomic E-state index is 5.45. The molecule has 0 saturated carbocycles. The molecule has 0 radical (unpaired) electrons. The zero-order valence-corrected chi connectivity index (χ0v) is 19.4. The second kappa shape index (κ2) is 11.9. The molecule has 0 aliphatic carbocycles. The van der Waals surface area contributed by atoms with Crippen molar-refractivity contribution in [3.63, 3.8) is 0 Å². The van der Waals surface area contributed by atoms with E-state index in [0.29, 0.717) is 0 Å². The molecule has 5 nitrogen and oxygen atoms in total. The molecule has 0 aliphatic rings. The molecule has 0 saturated heterocycles. The summed E-state index contributed by atoms with van der Waals surface area (Å²) in [6, 6.07) is 16.6. The monoisotopic (exact) mass is 510 g/mol. The van der Waals surface area contributed by atoms with Crippen LogP contribution >= 0.6 is 35.3 Å². The number of aliphatic imine (C=N–C) groups is 1. The van der Waals surface area contributed by atoms with Gasteiger partial charge in [0.2, 0.25) is 0 Å². The van der Waals surface area contributed by atoms with Crippen LogP contribution in [0.3, 0.4) is 0 Å². The van der Waals surface area contributed by atoms with Gasteiger partial charge in [0.1, 0.15) is 5.76 Å². The summed E-state index contributed by atoms with van der Waals surface area (Å²) in [5.74, 6) is 1.79. The molecule has 1 aromatic carbocycles. The number of guanidine groups is 1. The minimum atomic E-state index is 0. The predicted octanol–water partition coefficient (Wildman–Crippen LogP) is 4.46.